The van der Waals surface area contributed by atoms with Gasteiger partial charge in [-0.2, -0.15) is 5.10 Å². The van der Waals surface area contributed by atoms with Crippen LogP contribution in [0.3, 0.4) is 0 Å². The van der Waals surface area contributed by atoms with Gasteiger partial charge in [0.1, 0.15) is 0 Å². The second kappa shape index (κ2) is 8.81. The van der Waals surface area contributed by atoms with E-state index in [4.69, 9.17) is 0 Å². The fourth-order valence-corrected chi connectivity index (χ4v) is 2.92. The van der Waals surface area contributed by atoms with Gasteiger partial charge in [0, 0.05) is 30.0 Å². The van der Waals surface area contributed by atoms with Gasteiger partial charge in [-0.25, -0.2) is 0 Å². The molecule has 0 bridgehead atoms. The number of aryl methyl sites for hydroxylation is 1. The molecule has 2 aromatic rings. The lowest BCUT2D eigenvalue weighted by Crippen LogP contribution is -2.19. The first-order valence-electron chi connectivity index (χ1n) is 9.03. The molecule has 2 rings (SSSR count). The van der Waals surface area contributed by atoms with Crippen LogP contribution in [-0.2, 0) is 24.3 Å². The van der Waals surface area contributed by atoms with Crippen molar-refractivity contribution in [2.75, 3.05) is 11.9 Å². The molecule has 0 spiro atoms. The molecule has 0 saturated carbocycles. The molecular formula is C20H30N4O. The average molecular weight is 342 g/mol. The van der Waals surface area contributed by atoms with Crippen LogP contribution in [-0.4, -0.2) is 22.2 Å². The average Bonchev–Trinajstić information content (AvgIpc) is 2.81. The number of hydrogen-bond acceptors (Lipinski definition) is 3. The summed E-state index contributed by atoms with van der Waals surface area (Å²) in [6, 6.07) is 7.93. The Labute approximate surface area is 150 Å². The monoisotopic (exact) mass is 342 g/mol. The molecule has 0 radical (unpaired) electrons. The number of nitrogens with one attached hydrogen (secondary N) is 2. The van der Waals surface area contributed by atoms with Crippen molar-refractivity contribution in [3.63, 3.8) is 0 Å². The maximum atomic E-state index is 12.6. The summed E-state index contributed by atoms with van der Waals surface area (Å²) in [6.45, 7) is 13.0. The molecular weight excluding hydrogens is 312 g/mol. The fraction of sp³-hybridized carbons (Fsp3) is 0.500. The Morgan fingerprint density at radius 3 is 2.64 bits per heavy atom. The summed E-state index contributed by atoms with van der Waals surface area (Å²) < 4.78 is 2.02. The second-order valence-corrected chi connectivity index (χ2v) is 6.89. The van der Waals surface area contributed by atoms with Gasteiger partial charge in [0.25, 0.3) is 0 Å². The number of benzene rings is 1. The van der Waals surface area contributed by atoms with Crippen LogP contribution in [0.25, 0.3) is 0 Å². The molecule has 0 aliphatic rings. The SMILES string of the molecule is CCNCc1ccccc1NC(=O)Cc1c(C)nn(CC(C)C)c1C. The van der Waals surface area contributed by atoms with Gasteiger partial charge in [0.2, 0.25) is 5.91 Å². The number of para-hydroxylation sites is 1. The quantitative estimate of drug-likeness (QED) is 0.772. The van der Waals surface area contributed by atoms with Gasteiger partial charge in [0.05, 0.1) is 12.1 Å². The van der Waals surface area contributed by atoms with Crippen LogP contribution < -0.4 is 10.6 Å². The lowest BCUT2D eigenvalue weighted by molar-refractivity contribution is -0.115. The molecule has 0 fully saturated rings. The van der Waals surface area contributed by atoms with Crippen LogP contribution in [0.1, 0.15) is 43.3 Å². The van der Waals surface area contributed by atoms with E-state index < -0.39 is 0 Å². The summed E-state index contributed by atoms with van der Waals surface area (Å²) in [5.74, 6) is 0.525. The van der Waals surface area contributed by atoms with E-state index >= 15 is 0 Å². The highest BCUT2D eigenvalue weighted by atomic mass is 16.1. The van der Waals surface area contributed by atoms with Crippen LogP contribution >= 0.6 is 0 Å². The molecule has 1 amide bonds. The van der Waals surface area contributed by atoms with Gasteiger partial charge >= 0.3 is 0 Å². The molecule has 0 aliphatic heterocycles. The number of nitrogens with zero attached hydrogens (tertiary/aromatic N) is 2. The number of rotatable bonds is 8. The molecule has 1 aromatic carbocycles. The van der Waals surface area contributed by atoms with E-state index in [2.05, 4.69) is 36.5 Å². The van der Waals surface area contributed by atoms with Crippen molar-refractivity contribution < 1.29 is 4.79 Å². The Kier molecular flexibility index (Phi) is 6.76. The minimum atomic E-state index is -0.000699. The Morgan fingerprint density at radius 2 is 1.96 bits per heavy atom. The first-order valence-corrected chi connectivity index (χ1v) is 9.03. The molecule has 5 heteroatoms. The normalized spacial score (nSPS) is 11.1. The van der Waals surface area contributed by atoms with Gasteiger partial charge in [-0.15, -0.1) is 0 Å². The third-order valence-corrected chi connectivity index (χ3v) is 4.26. The summed E-state index contributed by atoms with van der Waals surface area (Å²) in [7, 11) is 0. The number of amides is 1. The highest BCUT2D eigenvalue weighted by Gasteiger charge is 2.16. The second-order valence-electron chi connectivity index (χ2n) is 6.89. The lowest BCUT2D eigenvalue weighted by Gasteiger charge is -2.12. The lowest BCUT2D eigenvalue weighted by atomic mass is 10.1. The molecule has 0 atom stereocenters. The Hall–Kier alpha value is -2.14. The van der Waals surface area contributed by atoms with E-state index in [0.29, 0.717) is 12.3 Å². The Morgan fingerprint density at radius 1 is 1.24 bits per heavy atom. The molecule has 2 N–H and O–H groups in total. The zero-order valence-electron chi connectivity index (χ0n) is 16.0. The summed E-state index contributed by atoms with van der Waals surface area (Å²) in [5, 5.41) is 11.0. The fourth-order valence-electron chi connectivity index (χ4n) is 2.92. The van der Waals surface area contributed by atoms with Crippen LogP contribution in [0.2, 0.25) is 0 Å². The molecule has 0 aliphatic carbocycles. The van der Waals surface area contributed by atoms with Crippen molar-refractivity contribution in [3.8, 4) is 0 Å². The molecule has 136 valence electrons. The van der Waals surface area contributed by atoms with Crippen LogP contribution in [0.5, 0.6) is 0 Å². The summed E-state index contributed by atoms with van der Waals surface area (Å²) >= 11 is 0. The van der Waals surface area contributed by atoms with Crippen molar-refractivity contribution in [1.82, 2.24) is 15.1 Å². The summed E-state index contributed by atoms with van der Waals surface area (Å²) in [6.07, 6.45) is 0.352. The maximum absolute atomic E-state index is 12.6. The number of carbonyl (C=O) groups excluding carboxylic acids is 1. The zero-order valence-corrected chi connectivity index (χ0v) is 16.0. The van der Waals surface area contributed by atoms with Crippen molar-refractivity contribution in [2.45, 2.75) is 54.1 Å². The Balaban J connectivity index is 2.10. The van der Waals surface area contributed by atoms with E-state index in [9.17, 15) is 4.79 Å². The molecule has 25 heavy (non-hydrogen) atoms. The maximum Gasteiger partial charge on any atom is 0.228 e. The number of carbonyl (C=O) groups is 1. The van der Waals surface area contributed by atoms with Gasteiger partial charge < -0.3 is 10.6 Å². The van der Waals surface area contributed by atoms with E-state index in [1.807, 2.05) is 42.8 Å². The third kappa shape index (κ3) is 5.16. The number of hydrogen-bond donors (Lipinski definition) is 2. The molecule has 0 saturated heterocycles. The third-order valence-electron chi connectivity index (χ3n) is 4.26. The highest BCUT2D eigenvalue weighted by Crippen LogP contribution is 2.18. The topological polar surface area (TPSA) is 58.9 Å². The van der Waals surface area contributed by atoms with Crippen molar-refractivity contribution in [2.24, 2.45) is 5.92 Å². The van der Waals surface area contributed by atoms with Crippen LogP contribution in [0.15, 0.2) is 24.3 Å². The first-order chi connectivity index (χ1) is 11.9. The predicted octanol–water partition coefficient (Wildman–Crippen LogP) is 3.45. The van der Waals surface area contributed by atoms with Crippen molar-refractivity contribution in [3.05, 3.63) is 46.8 Å². The number of anilines is 1. The molecule has 5 nitrogen and oxygen atoms in total. The van der Waals surface area contributed by atoms with Crippen LogP contribution in [0.4, 0.5) is 5.69 Å². The Bertz CT molecular complexity index is 718. The molecule has 0 unspecified atom stereocenters. The minimum absolute atomic E-state index is 0.000699. The minimum Gasteiger partial charge on any atom is -0.325 e. The van der Waals surface area contributed by atoms with E-state index in [1.165, 1.54) is 0 Å². The molecule has 1 aromatic heterocycles. The molecule has 1 heterocycles. The smallest absolute Gasteiger partial charge is 0.228 e. The van der Waals surface area contributed by atoms with Gasteiger partial charge in [0.15, 0.2) is 0 Å². The standard InChI is InChI=1S/C20H30N4O/c1-6-21-12-17-9-7-8-10-19(17)22-20(25)11-18-15(4)23-24(16(18)5)13-14(2)3/h7-10,14,21H,6,11-13H2,1-5H3,(H,22,25). The summed E-state index contributed by atoms with van der Waals surface area (Å²) in [5.41, 5.74) is 5.03. The van der Waals surface area contributed by atoms with Gasteiger partial charge in [-0.3, -0.25) is 9.48 Å². The largest absolute Gasteiger partial charge is 0.325 e. The zero-order chi connectivity index (χ0) is 18.4. The number of aromatic nitrogens is 2. The van der Waals surface area contributed by atoms with E-state index in [1.54, 1.807) is 0 Å². The summed E-state index contributed by atoms with van der Waals surface area (Å²) in [4.78, 5) is 12.6. The van der Waals surface area contributed by atoms with Crippen LogP contribution in [0, 0.1) is 19.8 Å². The van der Waals surface area contributed by atoms with Gasteiger partial charge in [-0.1, -0.05) is 39.0 Å². The van der Waals surface area contributed by atoms with Gasteiger partial charge in [-0.05, 0) is 37.9 Å². The highest BCUT2D eigenvalue weighted by molar-refractivity contribution is 5.93. The van der Waals surface area contributed by atoms with E-state index in [-0.39, 0.29) is 5.91 Å². The van der Waals surface area contributed by atoms with E-state index in [0.717, 1.165) is 47.8 Å². The predicted molar refractivity (Wildman–Crippen MR) is 103 cm³/mol. The van der Waals surface area contributed by atoms with Crippen molar-refractivity contribution >= 4 is 11.6 Å². The first kappa shape index (κ1) is 19.2. The van der Waals surface area contributed by atoms with Crippen molar-refractivity contribution in [1.29, 1.82) is 0 Å².